The maximum Gasteiger partial charge on any atom is 0.118 e. The highest BCUT2D eigenvalue weighted by molar-refractivity contribution is 5.92. The van der Waals surface area contributed by atoms with E-state index in [4.69, 9.17) is 10.5 Å². The summed E-state index contributed by atoms with van der Waals surface area (Å²) in [6.45, 7) is 0.652. The van der Waals surface area contributed by atoms with Gasteiger partial charge in [-0.3, -0.25) is 4.99 Å². The van der Waals surface area contributed by atoms with Gasteiger partial charge in [-0.05, 0) is 6.08 Å². The van der Waals surface area contributed by atoms with Crippen LogP contribution in [-0.2, 0) is 4.74 Å². The number of methoxy groups -OCH3 is 1. The van der Waals surface area contributed by atoms with Crippen molar-refractivity contribution in [1.82, 2.24) is 0 Å². The van der Waals surface area contributed by atoms with Gasteiger partial charge in [-0.25, -0.2) is 0 Å². The third-order valence-electron chi connectivity index (χ3n) is 1.24. The van der Waals surface area contributed by atoms with E-state index in [2.05, 4.69) is 4.99 Å². The van der Waals surface area contributed by atoms with Crippen LogP contribution in [0.2, 0.25) is 0 Å². The number of nitrogens with two attached hydrogens (primary N) is 1. The number of hydrogen-bond donors (Lipinski definition) is 1. The number of ether oxygens (including phenoxy) is 1. The van der Waals surface area contributed by atoms with Crippen LogP contribution in [0.3, 0.4) is 0 Å². The molecule has 1 rings (SSSR count). The molecule has 1 aliphatic rings. The summed E-state index contributed by atoms with van der Waals surface area (Å²) in [7, 11) is 1.66. The number of amidine groups is 1. The summed E-state index contributed by atoms with van der Waals surface area (Å²) in [6.07, 6.45) is 3.79. The predicted molar refractivity (Wildman–Crippen MR) is 36.4 cm³/mol. The molecule has 1 aliphatic heterocycles. The molecule has 0 saturated carbocycles. The smallest absolute Gasteiger partial charge is 0.118 e. The van der Waals surface area contributed by atoms with Crippen molar-refractivity contribution in [2.24, 2.45) is 10.7 Å². The van der Waals surface area contributed by atoms with Crippen LogP contribution in [-0.4, -0.2) is 25.6 Å². The van der Waals surface area contributed by atoms with Gasteiger partial charge < -0.3 is 10.5 Å². The van der Waals surface area contributed by atoms with E-state index in [-0.39, 0.29) is 6.10 Å². The minimum absolute atomic E-state index is 0.122. The zero-order valence-electron chi connectivity index (χ0n) is 5.37. The molecule has 0 bridgehead atoms. The van der Waals surface area contributed by atoms with Crippen LogP contribution in [0.25, 0.3) is 0 Å². The van der Waals surface area contributed by atoms with Gasteiger partial charge in [-0.1, -0.05) is 6.08 Å². The molecule has 0 fully saturated rings. The fourth-order valence-electron chi connectivity index (χ4n) is 0.668. The standard InChI is InChI=1S/C6H10N2O/c1-9-5-2-3-6(7)8-4-5/h2-3,5H,4H2,1H3,(H2,7,8). The van der Waals surface area contributed by atoms with E-state index >= 15 is 0 Å². The maximum atomic E-state index is 5.36. The molecule has 0 spiro atoms. The molecular formula is C6H10N2O. The zero-order chi connectivity index (χ0) is 6.69. The van der Waals surface area contributed by atoms with Crippen LogP contribution in [0.4, 0.5) is 0 Å². The zero-order valence-corrected chi connectivity index (χ0v) is 5.37. The molecule has 1 unspecified atom stereocenters. The molecule has 0 aromatic rings. The molecule has 2 N–H and O–H groups in total. The summed E-state index contributed by atoms with van der Waals surface area (Å²) in [4.78, 5) is 3.96. The van der Waals surface area contributed by atoms with Crippen molar-refractivity contribution >= 4 is 5.84 Å². The van der Waals surface area contributed by atoms with Crippen molar-refractivity contribution in [3.63, 3.8) is 0 Å². The number of dihydropyridines is 1. The Kier molecular flexibility index (Phi) is 1.85. The van der Waals surface area contributed by atoms with Gasteiger partial charge in [0.2, 0.25) is 0 Å². The third-order valence-corrected chi connectivity index (χ3v) is 1.24. The molecule has 0 aromatic heterocycles. The summed E-state index contributed by atoms with van der Waals surface area (Å²) in [5.74, 6) is 0.586. The largest absolute Gasteiger partial charge is 0.384 e. The summed E-state index contributed by atoms with van der Waals surface area (Å²) in [5, 5.41) is 0. The van der Waals surface area contributed by atoms with Crippen molar-refractivity contribution < 1.29 is 4.74 Å². The normalized spacial score (nSPS) is 25.9. The van der Waals surface area contributed by atoms with Gasteiger partial charge in [0.1, 0.15) is 5.84 Å². The Bertz CT molecular complexity index is 151. The molecule has 0 aliphatic carbocycles. The summed E-state index contributed by atoms with van der Waals surface area (Å²) >= 11 is 0. The van der Waals surface area contributed by atoms with E-state index < -0.39 is 0 Å². The molecule has 0 radical (unpaired) electrons. The minimum Gasteiger partial charge on any atom is -0.384 e. The lowest BCUT2D eigenvalue weighted by molar-refractivity contribution is 0.147. The first-order valence-corrected chi connectivity index (χ1v) is 2.84. The number of nitrogens with zero attached hydrogens (tertiary/aromatic N) is 1. The molecule has 0 aromatic carbocycles. The average Bonchev–Trinajstić information content (AvgIpc) is 1.90. The number of hydrogen-bond acceptors (Lipinski definition) is 3. The first-order valence-electron chi connectivity index (χ1n) is 2.84. The van der Waals surface area contributed by atoms with Crippen molar-refractivity contribution in [2.75, 3.05) is 13.7 Å². The van der Waals surface area contributed by atoms with Gasteiger partial charge in [0, 0.05) is 7.11 Å². The number of aliphatic imine (C=N–C) groups is 1. The van der Waals surface area contributed by atoms with Crippen molar-refractivity contribution in [2.45, 2.75) is 6.10 Å². The Balaban J connectivity index is 2.48. The molecule has 1 heterocycles. The molecular weight excluding hydrogens is 116 g/mol. The Morgan fingerprint density at radius 3 is 3.11 bits per heavy atom. The van der Waals surface area contributed by atoms with Crippen LogP contribution >= 0.6 is 0 Å². The van der Waals surface area contributed by atoms with Crippen molar-refractivity contribution in [3.05, 3.63) is 12.2 Å². The van der Waals surface area contributed by atoms with E-state index in [1.54, 1.807) is 13.2 Å². The molecule has 0 amide bonds. The summed E-state index contributed by atoms with van der Waals surface area (Å²) in [5.41, 5.74) is 5.36. The average molecular weight is 126 g/mol. The quantitative estimate of drug-likeness (QED) is 0.534. The summed E-state index contributed by atoms with van der Waals surface area (Å²) < 4.78 is 4.99. The molecule has 1 atom stereocenters. The van der Waals surface area contributed by atoms with E-state index in [1.807, 2.05) is 6.08 Å². The fraction of sp³-hybridized carbons (Fsp3) is 0.500. The van der Waals surface area contributed by atoms with Gasteiger partial charge in [-0.15, -0.1) is 0 Å². The van der Waals surface area contributed by atoms with Gasteiger partial charge in [0.05, 0.1) is 12.6 Å². The van der Waals surface area contributed by atoms with Gasteiger partial charge in [0.15, 0.2) is 0 Å². The van der Waals surface area contributed by atoms with E-state index in [0.717, 1.165) is 0 Å². The predicted octanol–water partition coefficient (Wildman–Crippen LogP) is -0.0716. The minimum atomic E-state index is 0.122. The number of rotatable bonds is 1. The first kappa shape index (κ1) is 6.29. The highest BCUT2D eigenvalue weighted by atomic mass is 16.5. The Labute approximate surface area is 54.2 Å². The summed E-state index contributed by atoms with van der Waals surface area (Å²) in [6, 6.07) is 0. The van der Waals surface area contributed by atoms with Gasteiger partial charge >= 0.3 is 0 Å². The van der Waals surface area contributed by atoms with Crippen LogP contribution in [0.5, 0.6) is 0 Å². The highest BCUT2D eigenvalue weighted by Gasteiger charge is 2.04. The molecule has 9 heavy (non-hydrogen) atoms. The van der Waals surface area contributed by atoms with E-state index in [1.165, 1.54) is 0 Å². The monoisotopic (exact) mass is 126 g/mol. The lowest BCUT2D eigenvalue weighted by atomic mass is 10.2. The third kappa shape index (κ3) is 1.54. The van der Waals surface area contributed by atoms with E-state index in [9.17, 15) is 0 Å². The second kappa shape index (κ2) is 2.64. The SMILES string of the molecule is COC1C=CC(N)=NC1. The van der Waals surface area contributed by atoms with Crippen LogP contribution in [0.1, 0.15) is 0 Å². The van der Waals surface area contributed by atoms with Crippen LogP contribution < -0.4 is 5.73 Å². The fourth-order valence-corrected chi connectivity index (χ4v) is 0.668. The Morgan fingerprint density at radius 1 is 1.89 bits per heavy atom. The molecule has 3 heteroatoms. The first-order chi connectivity index (χ1) is 4.33. The lowest BCUT2D eigenvalue weighted by Crippen LogP contribution is -2.21. The molecule has 3 nitrogen and oxygen atoms in total. The van der Waals surface area contributed by atoms with Gasteiger partial charge in [-0.2, -0.15) is 0 Å². The van der Waals surface area contributed by atoms with Gasteiger partial charge in [0.25, 0.3) is 0 Å². The Morgan fingerprint density at radius 2 is 2.67 bits per heavy atom. The molecule has 0 saturated heterocycles. The second-order valence-electron chi connectivity index (χ2n) is 1.90. The second-order valence-corrected chi connectivity index (χ2v) is 1.90. The highest BCUT2D eigenvalue weighted by Crippen LogP contribution is 1.98. The maximum absolute atomic E-state index is 5.36. The lowest BCUT2D eigenvalue weighted by Gasteiger charge is -2.10. The topological polar surface area (TPSA) is 47.6 Å². The van der Waals surface area contributed by atoms with Crippen LogP contribution in [0.15, 0.2) is 17.1 Å². The Hall–Kier alpha value is -0.830. The van der Waals surface area contributed by atoms with Crippen molar-refractivity contribution in [1.29, 1.82) is 0 Å². The van der Waals surface area contributed by atoms with Crippen LogP contribution in [0, 0.1) is 0 Å². The molecule has 50 valence electrons. The van der Waals surface area contributed by atoms with E-state index in [0.29, 0.717) is 12.4 Å². The van der Waals surface area contributed by atoms with Crippen molar-refractivity contribution in [3.8, 4) is 0 Å².